The molecule has 1 aromatic carbocycles. The number of piperazine rings is 1. The number of aromatic nitrogens is 3. The number of thioether (sulfide) groups is 1. The van der Waals surface area contributed by atoms with E-state index in [0.717, 1.165) is 32.7 Å². The summed E-state index contributed by atoms with van der Waals surface area (Å²) in [5.74, 6) is -2.88. The number of phenolic OH excluding ortho intramolecular Hbond substituents is 1. The van der Waals surface area contributed by atoms with E-state index in [2.05, 4.69) is 37.4 Å². The van der Waals surface area contributed by atoms with Gasteiger partial charge in [-0.2, -0.15) is 4.98 Å². The van der Waals surface area contributed by atoms with E-state index in [1.54, 1.807) is 13.8 Å². The number of carboxylic acids is 1. The van der Waals surface area contributed by atoms with E-state index < -0.39 is 57.4 Å². The van der Waals surface area contributed by atoms with Crippen molar-refractivity contribution in [2.75, 3.05) is 37.6 Å². The average molecular weight is 651 g/mol. The van der Waals surface area contributed by atoms with Gasteiger partial charge in [0, 0.05) is 43.3 Å². The normalized spacial score (nSPS) is 23.0. The molecule has 0 spiro atoms. The number of aromatic amines is 1. The van der Waals surface area contributed by atoms with Gasteiger partial charge in [-0.3, -0.25) is 19.2 Å². The lowest BCUT2D eigenvalue weighted by Crippen LogP contribution is -2.71. The number of pyridine rings is 1. The van der Waals surface area contributed by atoms with Crippen molar-refractivity contribution in [2.24, 2.45) is 0 Å². The number of anilines is 1. The number of nitrogens with zero attached hydrogens (tertiary/aromatic N) is 5. The van der Waals surface area contributed by atoms with Crippen molar-refractivity contribution < 1.29 is 29.4 Å². The minimum Gasteiger partial charge on any atom is -0.508 e. The Hall–Kier alpha value is -4.70. The number of hydrogen-bond donors (Lipinski definition) is 5. The number of carbonyl (C=O) groups excluding carboxylic acids is 3. The van der Waals surface area contributed by atoms with E-state index in [1.807, 2.05) is 4.90 Å². The fourth-order valence-electron chi connectivity index (χ4n) is 6.14. The molecule has 0 radical (unpaired) electrons. The Morgan fingerprint density at radius 2 is 1.83 bits per heavy atom. The summed E-state index contributed by atoms with van der Waals surface area (Å²) in [5, 5.41) is 24.2. The van der Waals surface area contributed by atoms with Crippen LogP contribution in [-0.4, -0.2) is 114 Å². The summed E-state index contributed by atoms with van der Waals surface area (Å²) in [6.07, 6.45) is 2.61. The van der Waals surface area contributed by atoms with Gasteiger partial charge in [-0.05, 0) is 38.1 Å². The van der Waals surface area contributed by atoms with Crippen molar-refractivity contribution in [3.05, 3.63) is 58.0 Å². The van der Waals surface area contributed by atoms with Gasteiger partial charge in [0.1, 0.15) is 40.5 Å². The Bertz CT molecular complexity index is 1770. The second-order valence-corrected chi connectivity index (χ2v) is 13.7. The molecule has 4 atom stereocenters. The van der Waals surface area contributed by atoms with E-state index >= 15 is 0 Å². The van der Waals surface area contributed by atoms with Crippen LogP contribution in [0, 0.1) is 0 Å². The molecular weight excluding hydrogens is 616 g/mol. The van der Waals surface area contributed by atoms with Crippen LogP contribution in [0.4, 0.5) is 5.95 Å². The van der Waals surface area contributed by atoms with Crippen LogP contribution in [0.1, 0.15) is 42.7 Å². The molecule has 5 heterocycles. The molecule has 0 aliphatic carbocycles. The van der Waals surface area contributed by atoms with Gasteiger partial charge < -0.3 is 40.5 Å². The summed E-state index contributed by atoms with van der Waals surface area (Å²) in [6.45, 7) is 9.74. The van der Waals surface area contributed by atoms with Crippen LogP contribution in [0.2, 0.25) is 0 Å². The van der Waals surface area contributed by atoms with Gasteiger partial charge in [0.15, 0.2) is 0 Å². The number of hydrogen-bond acceptors (Lipinski definition) is 11. The summed E-state index contributed by atoms with van der Waals surface area (Å²) in [7, 11) is 0. The van der Waals surface area contributed by atoms with Gasteiger partial charge in [0.05, 0.1) is 5.39 Å². The molecule has 3 amide bonds. The second-order valence-electron chi connectivity index (χ2n) is 12.0. The van der Waals surface area contributed by atoms with Crippen LogP contribution in [-0.2, 0) is 14.4 Å². The molecule has 6 rings (SSSR count). The number of nitrogens with one attached hydrogen (secondary N) is 3. The molecule has 242 valence electrons. The number of rotatable bonds is 8. The zero-order valence-electron chi connectivity index (χ0n) is 25.4. The maximum absolute atomic E-state index is 13.6. The Kier molecular flexibility index (Phi) is 8.10. The highest BCUT2D eigenvalue weighted by Crippen LogP contribution is 2.50. The lowest BCUT2D eigenvalue weighted by Gasteiger charge is -2.44. The van der Waals surface area contributed by atoms with Crippen LogP contribution in [0.3, 0.4) is 0 Å². The van der Waals surface area contributed by atoms with Crippen LogP contribution < -0.4 is 21.0 Å². The molecular formula is C30H34N8O7S. The van der Waals surface area contributed by atoms with Crippen LogP contribution in [0.5, 0.6) is 5.75 Å². The first-order valence-corrected chi connectivity index (χ1v) is 15.8. The lowest BCUT2D eigenvalue weighted by atomic mass is 9.95. The predicted octanol–water partition coefficient (Wildman–Crippen LogP) is 0.268. The average Bonchev–Trinajstić information content (AvgIpc) is 3.30. The monoisotopic (exact) mass is 650 g/mol. The molecule has 46 heavy (non-hydrogen) atoms. The number of carboxylic acid groups (broad SMARTS) is 1. The zero-order chi connectivity index (χ0) is 32.9. The van der Waals surface area contributed by atoms with E-state index in [0.29, 0.717) is 5.95 Å². The Morgan fingerprint density at radius 1 is 1.13 bits per heavy atom. The summed E-state index contributed by atoms with van der Waals surface area (Å²) < 4.78 is -0.790. The van der Waals surface area contributed by atoms with Gasteiger partial charge in [0.2, 0.25) is 23.2 Å². The fraction of sp³-hybridized carbons (Fsp3) is 0.433. The summed E-state index contributed by atoms with van der Waals surface area (Å²) in [4.78, 5) is 82.8. The Labute approximate surface area is 267 Å². The number of aliphatic carboxylic acids is 1. The van der Waals surface area contributed by atoms with Crippen molar-refractivity contribution in [1.82, 2.24) is 35.4 Å². The topological polar surface area (TPSA) is 201 Å². The van der Waals surface area contributed by atoms with Gasteiger partial charge in [-0.25, -0.2) is 9.78 Å². The zero-order valence-corrected chi connectivity index (χ0v) is 26.2. The quantitative estimate of drug-likeness (QED) is 0.209. The van der Waals surface area contributed by atoms with E-state index in [1.165, 1.54) is 53.3 Å². The summed E-state index contributed by atoms with van der Waals surface area (Å²) in [6, 6.07) is 2.11. The Morgan fingerprint density at radius 3 is 2.48 bits per heavy atom. The van der Waals surface area contributed by atoms with Crippen LogP contribution in [0.25, 0.3) is 11.0 Å². The maximum atomic E-state index is 13.6. The van der Waals surface area contributed by atoms with Gasteiger partial charge in [-0.1, -0.05) is 19.1 Å². The standard InChI is InChI=1S/C30H34N8O7S/c1-4-36-9-11-37(12-10-36)29-32-13-17-21(40)18(14-31-23(17)35-29)24(41)33-19(15-5-7-16(39)8-6-15)25(42)34-20-26(43)38-22(28(44)45)30(2,3)46-27(20)38/h5-8,13-14,19-20,22,27,39H,4,9-12H2,1-3H3,(H,33,41)(H,34,42)(H,44,45)(H,31,32,35,40)/t19-,20-,22+,27-/m1/s1. The molecule has 0 bridgehead atoms. The van der Waals surface area contributed by atoms with Crippen molar-refractivity contribution >= 4 is 52.4 Å². The molecule has 16 heteroatoms. The van der Waals surface area contributed by atoms with Crippen molar-refractivity contribution in [3.63, 3.8) is 0 Å². The highest BCUT2D eigenvalue weighted by Gasteiger charge is 2.64. The minimum absolute atomic E-state index is 0.0686. The van der Waals surface area contributed by atoms with E-state index in [-0.39, 0.29) is 27.9 Å². The molecule has 0 saturated carbocycles. The number of amides is 3. The first kappa shape index (κ1) is 31.3. The SMILES string of the molecule is CCN1CCN(c2ncc3c(=O)c(C(=O)N[C@@H](C(=O)N[C@@H]4C(=O)N5[C@@H]4SC(C)(C)[C@@H]5C(=O)O)c4ccc(O)cc4)c[nH]c3n2)CC1. The maximum Gasteiger partial charge on any atom is 0.327 e. The highest BCUT2D eigenvalue weighted by atomic mass is 32.2. The molecule has 0 unspecified atom stereocenters. The van der Waals surface area contributed by atoms with Crippen molar-refractivity contribution in [2.45, 2.75) is 49.0 Å². The summed E-state index contributed by atoms with van der Waals surface area (Å²) in [5.41, 5.74) is -0.363. The van der Waals surface area contributed by atoms with Gasteiger partial charge in [0.25, 0.3) is 5.91 Å². The largest absolute Gasteiger partial charge is 0.508 e. The van der Waals surface area contributed by atoms with Crippen molar-refractivity contribution in [1.29, 1.82) is 0 Å². The number of likely N-dealkylation sites (N-methyl/N-ethyl adjacent to an activating group) is 1. The number of phenols is 1. The van der Waals surface area contributed by atoms with Gasteiger partial charge in [-0.15, -0.1) is 11.8 Å². The molecule has 3 fully saturated rings. The smallest absolute Gasteiger partial charge is 0.327 e. The van der Waals surface area contributed by atoms with Crippen LogP contribution >= 0.6 is 11.8 Å². The second kappa shape index (κ2) is 11.9. The molecule has 3 aromatic rings. The van der Waals surface area contributed by atoms with Crippen LogP contribution in [0.15, 0.2) is 41.5 Å². The number of fused-ring (bicyclic) bond motifs is 2. The third-order valence-corrected chi connectivity index (χ3v) is 10.3. The summed E-state index contributed by atoms with van der Waals surface area (Å²) >= 11 is 1.27. The molecule has 3 aliphatic heterocycles. The third-order valence-electron chi connectivity index (χ3n) is 8.70. The predicted molar refractivity (Wildman–Crippen MR) is 168 cm³/mol. The molecule has 5 N–H and O–H groups in total. The molecule has 15 nitrogen and oxygen atoms in total. The number of H-pyrrole nitrogens is 1. The fourth-order valence-corrected chi connectivity index (χ4v) is 7.77. The molecule has 3 saturated heterocycles. The Balaban J connectivity index is 1.22. The van der Waals surface area contributed by atoms with E-state index in [9.17, 15) is 34.2 Å². The van der Waals surface area contributed by atoms with Crippen molar-refractivity contribution in [3.8, 4) is 5.75 Å². The van der Waals surface area contributed by atoms with E-state index in [4.69, 9.17) is 0 Å². The number of carbonyl (C=O) groups is 4. The number of benzene rings is 1. The van der Waals surface area contributed by atoms with Gasteiger partial charge >= 0.3 is 5.97 Å². The highest BCUT2D eigenvalue weighted by molar-refractivity contribution is 8.01. The lowest BCUT2D eigenvalue weighted by molar-refractivity contribution is -0.161. The first-order chi connectivity index (χ1) is 21.9. The number of β-lactam (4-membered cyclic amide) rings is 1. The molecule has 2 aromatic heterocycles. The molecule has 3 aliphatic rings. The first-order valence-electron chi connectivity index (χ1n) is 14.9. The minimum atomic E-state index is -1.36. The third kappa shape index (κ3) is 5.51. The number of aromatic hydroxyl groups is 1.